The summed E-state index contributed by atoms with van der Waals surface area (Å²) in [5.74, 6) is -0.789. The van der Waals surface area contributed by atoms with Crippen LogP contribution < -0.4 is 10.6 Å². The summed E-state index contributed by atoms with van der Waals surface area (Å²) in [5.41, 5.74) is 1.96. The Morgan fingerprint density at radius 1 is 1.00 bits per heavy atom. The number of amides is 2. The average Bonchev–Trinajstić information content (AvgIpc) is 2.67. The molecule has 9 heteroatoms. The summed E-state index contributed by atoms with van der Waals surface area (Å²) in [6.45, 7) is 13.0. The summed E-state index contributed by atoms with van der Waals surface area (Å²) in [6.07, 6.45) is 9.99. The van der Waals surface area contributed by atoms with Gasteiger partial charge in [-0.1, -0.05) is 29.4 Å². The van der Waals surface area contributed by atoms with E-state index in [0.29, 0.717) is 5.75 Å². The van der Waals surface area contributed by atoms with Crippen LogP contribution in [0.4, 0.5) is 4.79 Å². The van der Waals surface area contributed by atoms with Crippen LogP contribution in [0.5, 0.6) is 0 Å². The van der Waals surface area contributed by atoms with Crippen LogP contribution >= 0.6 is 34.4 Å². The minimum absolute atomic E-state index is 0.229. The lowest BCUT2D eigenvalue weighted by Gasteiger charge is -2.22. The second kappa shape index (κ2) is 17.0. The van der Waals surface area contributed by atoms with E-state index in [0.717, 1.165) is 25.7 Å². The van der Waals surface area contributed by atoms with Gasteiger partial charge in [-0.15, -0.1) is 0 Å². The van der Waals surface area contributed by atoms with Gasteiger partial charge in [0.25, 0.3) is 0 Å². The van der Waals surface area contributed by atoms with E-state index in [1.54, 1.807) is 20.8 Å². The fourth-order valence-electron chi connectivity index (χ4n) is 2.66. The zero-order valence-electron chi connectivity index (χ0n) is 21.5. The molecule has 34 heavy (non-hydrogen) atoms. The molecule has 0 radical (unpaired) electrons. The monoisotopic (exact) mass is 608 g/mol. The molecule has 0 fully saturated rings. The average molecular weight is 609 g/mol. The SMILES string of the molecule is C/C(I)=C\CC/C(C)=C/CC/C(C)=C/CSC[C@H](NC(=O)[C@H](C)NC(=O)OC(C)(C)C)C(=O)O. The zero-order chi connectivity index (χ0) is 26.3. The van der Waals surface area contributed by atoms with E-state index in [1.807, 2.05) is 0 Å². The van der Waals surface area contributed by atoms with Gasteiger partial charge in [-0.25, -0.2) is 9.59 Å². The highest BCUT2D eigenvalue weighted by molar-refractivity contribution is 14.1. The van der Waals surface area contributed by atoms with Gasteiger partial charge in [0, 0.05) is 11.5 Å². The molecule has 194 valence electrons. The summed E-state index contributed by atoms with van der Waals surface area (Å²) in [6, 6.07) is -1.96. The highest BCUT2D eigenvalue weighted by Crippen LogP contribution is 2.14. The molecule has 3 N–H and O–H groups in total. The molecule has 0 aliphatic heterocycles. The predicted molar refractivity (Wildman–Crippen MR) is 149 cm³/mol. The molecule has 0 aromatic carbocycles. The third-order valence-electron chi connectivity index (χ3n) is 4.57. The van der Waals surface area contributed by atoms with Crippen molar-refractivity contribution in [3.63, 3.8) is 0 Å². The normalized spacial score (nSPS) is 14.9. The first kappa shape index (κ1) is 32.5. The van der Waals surface area contributed by atoms with Crippen LogP contribution in [0.3, 0.4) is 0 Å². The van der Waals surface area contributed by atoms with Crippen molar-refractivity contribution in [3.05, 3.63) is 33.0 Å². The first-order chi connectivity index (χ1) is 15.7. The molecule has 0 saturated carbocycles. The number of allylic oxidation sites excluding steroid dienone is 5. The highest BCUT2D eigenvalue weighted by atomic mass is 127. The summed E-state index contributed by atoms with van der Waals surface area (Å²) >= 11 is 3.77. The molecule has 0 rings (SSSR count). The number of carboxylic acids is 1. The molecule has 0 aromatic heterocycles. The molecule has 7 nitrogen and oxygen atoms in total. The summed E-state index contributed by atoms with van der Waals surface area (Å²) in [7, 11) is 0. The Morgan fingerprint density at radius 3 is 2.09 bits per heavy atom. The number of alkyl carbamates (subject to hydrolysis) is 1. The standard InChI is InChI=1S/C25H41IN2O5S/c1-17(12-9-13-19(3)26)10-8-11-18(2)14-15-34-16-21(23(30)31)28-22(29)20(4)27-24(32)33-25(5,6)7/h10,13-14,20-21H,8-9,11-12,15-16H2,1-7H3,(H,27,32)(H,28,29)(H,30,31)/b17-10+,18-14+,19-13+/t20-,21-/m0/s1. The Labute approximate surface area is 222 Å². The molecule has 0 aliphatic carbocycles. The van der Waals surface area contributed by atoms with Crippen molar-refractivity contribution in [1.29, 1.82) is 0 Å². The number of carboxylic acid groups (broad SMARTS) is 1. The van der Waals surface area contributed by atoms with Gasteiger partial charge in [0.2, 0.25) is 5.91 Å². The van der Waals surface area contributed by atoms with Gasteiger partial charge in [0.15, 0.2) is 0 Å². The zero-order valence-corrected chi connectivity index (χ0v) is 24.5. The van der Waals surface area contributed by atoms with Crippen molar-refractivity contribution in [3.8, 4) is 0 Å². The van der Waals surface area contributed by atoms with Crippen LogP contribution in [0.2, 0.25) is 0 Å². The van der Waals surface area contributed by atoms with Crippen molar-refractivity contribution >= 4 is 52.3 Å². The maximum absolute atomic E-state index is 12.3. The van der Waals surface area contributed by atoms with E-state index in [4.69, 9.17) is 4.74 Å². The van der Waals surface area contributed by atoms with E-state index < -0.39 is 35.7 Å². The molecule has 0 saturated heterocycles. The quantitative estimate of drug-likeness (QED) is 0.127. The number of carbonyl (C=O) groups excluding carboxylic acids is 2. The van der Waals surface area contributed by atoms with Crippen molar-refractivity contribution in [2.24, 2.45) is 0 Å². The number of halogens is 1. The molecule has 0 aliphatic rings. The summed E-state index contributed by atoms with van der Waals surface area (Å²) in [4.78, 5) is 35.6. The maximum atomic E-state index is 12.3. The Kier molecular flexibility index (Phi) is 16.3. The lowest BCUT2D eigenvalue weighted by Crippen LogP contribution is -2.51. The number of ether oxygens (including phenoxy) is 1. The third-order valence-corrected chi connectivity index (χ3v) is 5.98. The first-order valence-corrected chi connectivity index (χ1v) is 13.7. The summed E-state index contributed by atoms with van der Waals surface area (Å²) < 4.78 is 6.43. The van der Waals surface area contributed by atoms with Crippen LogP contribution in [-0.4, -0.2) is 52.3 Å². The Bertz CT molecular complexity index is 768. The number of thioether (sulfide) groups is 1. The Balaban J connectivity index is 4.44. The number of hydrogen-bond donors (Lipinski definition) is 3. The smallest absolute Gasteiger partial charge is 0.408 e. The molecular formula is C25H41IN2O5S. The topological polar surface area (TPSA) is 105 Å². The van der Waals surface area contributed by atoms with Gasteiger partial charge >= 0.3 is 12.1 Å². The van der Waals surface area contributed by atoms with Crippen molar-refractivity contribution in [2.75, 3.05) is 11.5 Å². The van der Waals surface area contributed by atoms with Crippen LogP contribution in [0, 0.1) is 0 Å². The minimum atomic E-state index is -1.11. The second-order valence-corrected chi connectivity index (χ2v) is 12.1. The first-order valence-electron chi connectivity index (χ1n) is 11.4. The van der Waals surface area contributed by atoms with Gasteiger partial charge in [-0.3, -0.25) is 4.79 Å². The number of carbonyl (C=O) groups is 3. The lowest BCUT2D eigenvalue weighted by molar-refractivity contribution is -0.141. The van der Waals surface area contributed by atoms with Crippen molar-refractivity contribution < 1.29 is 24.2 Å². The van der Waals surface area contributed by atoms with E-state index >= 15 is 0 Å². The fraction of sp³-hybridized carbons (Fsp3) is 0.640. The Hall–Kier alpha value is -1.49. The van der Waals surface area contributed by atoms with Crippen molar-refractivity contribution in [1.82, 2.24) is 10.6 Å². The second-order valence-electron chi connectivity index (χ2n) is 9.27. The van der Waals surface area contributed by atoms with Crippen LogP contribution in [-0.2, 0) is 14.3 Å². The Morgan fingerprint density at radius 2 is 1.56 bits per heavy atom. The van der Waals surface area contributed by atoms with E-state index in [2.05, 4.69) is 72.2 Å². The van der Waals surface area contributed by atoms with Crippen LogP contribution in [0.15, 0.2) is 33.0 Å². The van der Waals surface area contributed by atoms with Gasteiger partial charge in [0.05, 0.1) is 0 Å². The predicted octanol–water partition coefficient (Wildman–Crippen LogP) is 5.99. The van der Waals surface area contributed by atoms with E-state index in [1.165, 1.54) is 33.4 Å². The molecule has 0 unspecified atom stereocenters. The van der Waals surface area contributed by atoms with Gasteiger partial charge < -0.3 is 20.5 Å². The summed E-state index contributed by atoms with van der Waals surface area (Å²) in [5, 5.41) is 14.3. The number of rotatable bonds is 14. The molecule has 0 spiro atoms. The molecule has 2 atom stereocenters. The van der Waals surface area contributed by atoms with Gasteiger partial charge in [0.1, 0.15) is 17.7 Å². The van der Waals surface area contributed by atoms with Gasteiger partial charge in [-0.2, -0.15) is 11.8 Å². The fourth-order valence-corrected chi connectivity index (χ4v) is 3.97. The molecule has 0 heterocycles. The molecular weight excluding hydrogens is 567 g/mol. The minimum Gasteiger partial charge on any atom is -0.480 e. The van der Waals surface area contributed by atoms with Crippen LogP contribution in [0.1, 0.15) is 74.1 Å². The van der Waals surface area contributed by atoms with E-state index in [9.17, 15) is 19.5 Å². The third kappa shape index (κ3) is 17.9. The molecule has 0 aromatic rings. The highest BCUT2D eigenvalue weighted by Gasteiger charge is 2.25. The number of nitrogens with one attached hydrogen (secondary N) is 2. The lowest BCUT2D eigenvalue weighted by atomic mass is 10.1. The number of aliphatic carboxylic acids is 1. The molecule has 0 bridgehead atoms. The van der Waals surface area contributed by atoms with Crippen LogP contribution in [0.25, 0.3) is 0 Å². The van der Waals surface area contributed by atoms with Crippen molar-refractivity contribution in [2.45, 2.75) is 91.8 Å². The maximum Gasteiger partial charge on any atom is 0.408 e. The van der Waals surface area contributed by atoms with E-state index in [-0.39, 0.29) is 5.75 Å². The molecule has 2 amide bonds. The number of hydrogen-bond acceptors (Lipinski definition) is 5. The largest absolute Gasteiger partial charge is 0.480 e. The van der Waals surface area contributed by atoms with Gasteiger partial charge in [-0.05, 0) is 100 Å².